The summed E-state index contributed by atoms with van der Waals surface area (Å²) in [5, 5.41) is 2.73. The highest BCUT2D eigenvalue weighted by molar-refractivity contribution is 5.99. The maximum absolute atomic E-state index is 13.2. The van der Waals surface area contributed by atoms with Crippen LogP contribution in [0.1, 0.15) is 40.4 Å². The van der Waals surface area contributed by atoms with Gasteiger partial charge in [-0.3, -0.25) is 14.4 Å². The Labute approximate surface area is 157 Å². The summed E-state index contributed by atoms with van der Waals surface area (Å²) in [4.78, 5) is 39.0. The van der Waals surface area contributed by atoms with E-state index < -0.39 is 11.9 Å². The van der Waals surface area contributed by atoms with E-state index in [-0.39, 0.29) is 30.4 Å². The Hall–Kier alpha value is -3.02. The van der Waals surface area contributed by atoms with Crippen molar-refractivity contribution in [2.24, 2.45) is 0 Å². The largest absolute Gasteiger partial charge is 0.352 e. The normalized spacial score (nSPS) is 16.7. The van der Waals surface area contributed by atoms with Crippen LogP contribution in [0, 0.1) is 12.7 Å². The zero-order valence-electron chi connectivity index (χ0n) is 15.1. The number of aryl methyl sites for hydroxylation is 1. The molecule has 6 heteroatoms. The minimum atomic E-state index is -0.805. The zero-order valence-corrected chi connectivity index (χ0v) is 15.1. The number of halogens is 1. The van der Waals surface area contributed by atoms with E-state index in [4.69, 9.17) is 0 Å². The van der Waals surface area contributed by atoms with E-state index in [1.54, 1.807) is 12.1 Å². The van der Waals surface area contributed by atoms with Gasteiger partial charge in [0.2, 0.25) is 11.8 Å². The van der Waals surface area contributed by atoms with Gasteiger partial charge in [-0.2, -0.15) is 0 Å². The van der Waals surface area contributed by atoms with Gasteiger partial charge in [0.05, 0.1) is 0 Å². The number of piperazine rings is 1. The molecule has 1 heterocycles. The van der Waals surface area contributed by atoms with Crippen molar-refractivity contribution in [2.75, 3.05) is 13.1 Å². The number of ketones is 1. The number of hydrogen-bond acceptors (Lipinski definition) is 3. The Morgan fingerprint density at radius 1 is 1.11 bits per heavy atom. The molecule has 2 amide bonds. The van der Waals surface area contributed by atoms with Gasteiger partial charge < -0.3 is 10.2 Å². The summed E-state index contributed by atoms with van der Waals surface area (Å²) in [7, 11) is 0. The van der Waals surface area contributed by atoms with Crippen molar-refractivity contribution in [2.45, 2.75) is 25.8 Å². The smallest absolute Gasteiger partial charge is 0.247 e. The van der Waals surface area contributed by atoms with Gasteiger partial charge in [-0.1, -0.05) is 36.4 Å². The highest BCUT2D eigenvalue weighted by Gasteiger charge is 2.34. The first-order valence-corrected chi connectivity index (χ1v) is 8.89. The van der Waals surface area contributed by atoms with Crippen LogP contribution in [0.3, 0.4) is 0 Å². The van der Waals surface area contributed by atoms with Crippen LogP contribution in [0.2, 0.25) is 0 Å². The van der Waals surface area contributed by atoms with Crippen LogP contribution < -0.4 is 5.32 Å². The van der Waals surface area contributed by atoms with Gasteiger partial charge in [0, 0.05) is 31.5 Å². The van der Waals surface area contributed by atoms with E-state index in [0.717, 1.165) is 5.56 Å². The van der Waals surface area contributed by atoms with Gasteiger partial charge in [-0.25, -0.2) is 4.39 Å². The van der Waals surface area contributed by atoms with E-state index in [2.05, 4.69) is 5.32 Å². The molecule has 0 saturated carbocycles. The summed E-state index contributed by atoms with van der Waals surface area (Å²) in [5.74, 6) is -1.06. The Morgan fingerprint density at radius 3 is 2.52 bits per heavy atom. The molecule has 3 rings (SSSR count). The van der Waals surface area contributed by atoms with E-state index in [0.29, 0.717) is 24.2 Å². The molecule has 1 unspecified atom stereocenters. The molecule has 140 valence electrons. The highest BCUT2D eigenvalue weighted by atomic mass is 19.1. The number of Topliss-reactive ketones (excluding diaryl/α,β-unsaturated/α-hetero) is 1. The minimum absolute atomic E-state index is 0.0259. The summed E-state index contributed by atoms with van der Waals surface area (Å²) in [6.07, 6.45) is 0.107. The fraction of sp³-hybridized carbons (Fsp3) is 0.286. The third-order valence-electron chi connectivity index (χ3n) is 4.73. The molecule has 2 aromatic carbocycles. The predicted octanol–water partition coefficient (Wildman–Crippen LogP) is 2.80. The van der Waals surface area contributed by atoms with Crippen LogP contribution in [0.15, 0.2) is 48.5 Å². The maximum atomic E-state index is 13.2. The number of rotatable bonds is 5. The van der Waals surface area contributed by atoms with E-state index in [9.17, 15) is 18.8 Å². The highest BCUT2D eigenvalue weighted by Crippen LogP contribution is 2.25. The third-order valence-corrected chi connectivity index (χ3v) is 4.73. The molecule has 1 N–H and O–H groups in total. The Morgan fingerprint density at radius 2 is 1.81 bits per heavy atom. The number of nitrogens with one attached hydrogen (secondary N) is 1. The molecule has 27 heavy (non-hydrogen) atoms. The molecule has 0 spiro atoms. The molecular formula is C21H21FN2O3. The van der Waals surface area contributed by atoms with Crippen molar-refractivity contribution in [3.8, 4) is 0 Å². The number of nitrogens with zero attached hydrogens (tertiary/aromatic N) is 1. The molecule has 1 aliphatic rings. The molecule has 1 atom stereocenters. The zero-order chi connectivity index (χ0) is 19.4. The Kier molecular flexibility index (Phi) is 5.64. The lowest BCUT2D eigenvalue weighted by Gasteiger charge is -2.35. The van der Waals surface area contributed by atoms with Gasteiger partial charge >= 0.3 is 0 Å². The van der Waals surface area contributed by atoms with Crippen molar-refractivity contribution in [3.63, 3.8) is 0 Å². The quantitative estimate of drug-likeness (QED) is 0.826. The molecule has 0 aliphatic carbocycles. The molecule has 1 fully saturated rings. The number of hydrogen-bond donors (Lipinski definition) is 1. The molecule has 0 bridgehead atoms. The van der Waals surface area contributed by atoms with Crippen molar-refractivity contribution >= 4 is 17.6 Å². The lowest BCUT2D eigenvalue weighted by atomic mass is 9.99. The maximum Gasteiger partial charge on any atom is 0.247 e. The van der Waals surface area contributed by atoms with Crippen molar-refractivity contribution in [1.82, 2.24) is 10.2 Å². The van der Waals surface area contributed by atoms with Gasteiger partial charge in [0.1, 0.15) is 11.9 Å². The number of benzene rings is 2. The van der Waals surface area contributed by atoms with Crippen LogP contribution in [0.5, 0.6) is 0 Å². The van der Waals surface area contributed by atoms with Crippen LogP contribution in [-0.2, 0) is 9.59 Å². The second-order valence-electron chi connectivity index (χ2n) is 6.57. The topological polar surface area (TPSA) is 66.5 Å². The van der Waals surface area contributed by atoms with Crippen LogP contribution >= 0.6 is 0 Å². The molecule has 5 nitrogen and oxygen atoms in total. The van der Waals surface area contributed by atoms with E-state index in [1.165, 1.54) is 29.2 Å². The predicted molar refractivity (Wildman–Crippen MR) is 98.6 cm³/mol. The molecule has 1 saturated heterocycles. The SMILES string of the molecule is Cc1ccccc1C(=O)CCC(=O)N1CCNC(=O)C1c1ccc(F)cc1. The third kappa shape index (κ3) is 4.22. The van der Waals surface area contributed by atoms with Crippen molar-refractivity contribution in [1.29, 1.82) is 0 Å². The number of carbonyl (C=O) groups excluding carboxylic acids is 3. The summed E-state index contributed by atoms with van der Waals surface area (Å²) in [6.45, 7) is 2.56. The number of carbonyl (C=O) groups is 3. The second-order valence-corrected chi connectivity index (χ2v) is 6.57. The summed E-state index contributed by atoms with van der Waals surface area (Å²) < 4.78 is 13.2. The summed E-state index contributed by atoms with van der Waals surface area (Å²) in [5.41, 5.74) is 2.03. The van der Waals surface area contributed by atoms with Gasteiger partial charge in [-0.15, -0.1) is 0 Å². The molecule has 0 aromatic heterocycles. The molecule has 2 aromatic rings. The molecular weight excluding hydrogens is 347 g/mol. The summed E-state index contributed by atoms with van der Waals surface area (Å²) in [6, 6.07) is 12.0. The molecule has 1 aliphatic heterocycles. The first-order valence-electron chi connectivity index (χ1n) is 8.89. The fourth-order valence-electron chi connectivity index (χ4n) is 3.30. The first kappa shape index (κ1) is 18.8. The molecule has 0 radical (unpaired) electrons. The lowest BCUT2D eigenvalue weighted by Crippen LogP contribution is -2.52. The van der Waals surface area contributed by atoms with Crippen molar-refractivity contribution in [3.05, 3.63) is 71.0 Å². The minimum Gasteiger partial charge on any atom is -0.352 e. The van der Waals surface area contributed by atoms with Crippen LogP contribution in [0.25, 0.3) is 0 Å². The standard InChI is InChI=1S/C21H21FN2O3/c1-14-4-2-3-5-17(14)18(25)10-11-19(26)24-13-12-23-21(27)20(24)15-6-8-16(22)9-7-15/h2-9,20H,10-13H2,1H3,(H,23,27). The monoisotopic (exact) mass is 368 g/mol. The van der Waals surface area contributed by atoms with Gasteiger partial charge in [-0.05, 0) is 30.2 Å². The average Bonchev–Trinajstić information content (AvgIpc) is 2.67. The van der Waals surface area contributed by atoms with Gasteiger partial charge in [0.15, 0.2) is 5.78 Å². The van der Waals surface area contributed by atoms with Gasteiger partial charge in [0.25, 0.3) is 0 Å². The van der Waals surface area contributed by atoms with Crippen molar-refractivity contribution < 1.29 is 18.8 Å². The average molecular weight is 368 g/mol. The number of amides is 2. The fourth-order valence-corrected chi connectivity index (χ4v) is 3.30. The van der Waals surface area contributed by atoms with E-state index in [1.807, 2.05) is 19.1 Å². The van der Waals surface area contributed by atoms with Crippen LogP contribution in [-0.4, -0.2) is 35.6 Å². The van der Waals surface area contributed by atoms with E-state index >= 15 is 0 Å². The lowest BCUT2D eigenvalue weighted by molar-refractivity contribution is -0.143. The van der Waals surface area contributed by atoms with Crippen LogP contribution in [0.4, 0.5) is 4.39 Å². The first-order chi connectivity index (χ1) is 13.0. The Balaban J connectivity index is 1.72. The Bertz CT molecular complexity index is 864. The summed E-state index contributed by atoms with van der Waals surface area (Å²) >= 11 is 0. The second kappa shape index (κ2) is 8.12.